The molecule has 0 spiro atoms. The summed E-state index contributed by atoms with van der Waals surface area (Å²) < 4.78 is 26.7. The standard InChI is InChI=1S/C15H21N3O5S/c1-11-4-6-12(7-5-11)24(22,23)18-10-2-3-13(18)17-15(21)16-9-8-14(19)20/h4-7,13H,2-3,8-10H2,1H3,(H,19,20)(H2,16,17,21)/t13-/m1/s1. The molecular formula is C15H21N3O5S. The minimum Gasteiger partial charge on any atom is -0.481 e. The maximum atomic E-state index is 12.7. The summed E-state index contributed by atoms with van der Waals surface area (Å²) in [6.07, 6.45) is 0.327. The molecule has 9 heteroatoms. The molecule has 2 rings (SSSR count). The first-order valence-corrected chi connectivity index (χ1v) is 9.09. The largest absolute Gasteiger partial charge is 0.481 e. The van der Waals surface area contributed by atoms with Gasteiger partial charge in [0.05, 0.1) is 17.5 Å². The summed E-state index contributed by atoms with van der Waals surface area (Å²) in [5.41, 5.74) is 0.961. The molecule has 1 saturated heterocycles. The SMILES string of the molecule is Cc1ccc(S(=O)(=O)N2CCC[C@@H]2NC(=O)NCCC(=O)O)cc1. The topological polar surface area (TPSA) is 116 Å². The summed E-state index contributed by atoms with van der Waals surface area (Å²) in [4.78, 5) is 22.4. The number of benzene rings is 1. The maximum Gasteiger partial charge on any atom is 0.316 e. The normalized spacial score (nSPS) is 18.3. The molecule has 1 aliphatic heterocycles. The Labute approximate surface area is 140 Å². The highest BCUT2D eigenvalue weighted by atomic mass is 32.2. The lowest BCUT2D eigenvalue weighted by Gasteiger charge is -2.25. The monoisotopic (exact) mass is 355 g/mol. The van der Waals surface area contributed by atoms with Crippen molar-refractivity contribution in [2.45, 2.75) is 37.2 Å². The number of nitrogens with one attached hydrogen (secondary N) is 2. The zero-order valence-corrected chi connectivity index (χ0v) is 14.2. The number of rotatable bonds is 6. The lowest BCUT2D eigenvalue weighted by atomic mass is 10.2. The van der Waals surface area contributed by atoms with Crippen LogP contribution in [0, 0.1) is 6.92 Å². The number of sulfonamides is 1. The van der Waals surface area contributed by atoms with E-state index >= 15 is 0 Å². The van der Waals surface area contributed by atoms with Crippen molar-refractivity contribution in [3.8, 4) is 0 Å². The quantitative estimate of drug-likeness (QED) is 0.700. The number of hydrogen-bond acceptors (Lipinski definition) is 4. The minimum absolute atomic E-state index is 0.0153. The van der Waals surface area contributed by atoms with Crippen LogP contribution >= 0.6 is 0 Å². The molecule has 132 valence electrons. The molecule has 1 atom stereocenters. The van der Waals surface area contributed by atoms with E-state index in [0.717, 1.165) is 5.56 Å². The van der Waals surface area contributed by atoms with Crippen LogP contribution in [0.2, 0.25) is 0 Å². The molecule has 24 heavy (non-hydrogen) atoms. The minimum atomic E-state index is -3.69. The molecule has 0 unspecified atom stereocenters. The molecule has 1 aromatic rings. The Kier molecular flexibility index (Phi) is 5.79. The van der Waals surface area contributed by atoms with E-state index in [2.05, 4.69) is 10.6 Å². The van der Waals surface area contributed by atoms with Crippen LogP contribution in [0.4, 0.5) is 4.79 Å². The Morgan fingerprint density at radius 3 is 2.58 bits per heavy atom. The molecule has 2 amide bonds. The zero-order chi connectivity index (χ0) is 17.7. The number of carbonyl (C=O) groups is 2. The number of urea groups is 1. The van der Waals surface area contributed by atoms with Gasteiger partial charge in [-0.05, 0) is 31.9 Å². The van der Waals surface area contributed by atoms with Crippen molar-refractivity contribution >= 4 is 22.0 Å². The molecule has 8 nitrogen and oxygen atoms in total. The van der Waals surface area contributed by atoms with Gasteiger partial charge in [0.2, 0.25) is 10.0 Å². The van der Waals surface area contributed by atoms with Crippen molar-refractivity contribution in [2.24, 2.45) is 0 Å². The Balaban J connectivity index is 2.03. The number of aryl methyl sites for hydroxylation is 1. The fraction of sp³-hybridized carbons (Fsp3) is 0.467. The van der Waals surface area contributed by atoms with Gasteiger partial charge in [-0.25, -0.2) is 13.2 Å². The number of nitrogens with zero attached hydrogens (tertiary/aromatic N) is 1. The third kappa shape index (κ3) is 4.45. The summed E-state index contributed by atoms with van der Waals surface area (Å²) in [6.45, 7) is 2.19. The first-order chi connectivity index (χ1) is 11.3. The molecule has 0 radical (unpaired) electrons. The summed E-state index contributed by atoms with van der Waals surface area (Å²) >= 11 is 0. The van der Waals surface area contributed by atoms with E-state index in [-0.39, 0.29) is 17.9 Å². The van der Waals surface area contributed by atoms with Crippen molar-refractivity contribution in [3.63, 3.8) is 0 Å². The van der Waals surface area contributed by atoms with Crippen LogP contribution in [0.15, 0.2) is 29.2 Å². The Hall–Kier alpha value is -2.13. The van der Waals surface area contributed by atoms with Gasteiger partial charge in [0.25, 0.3) is 0 Å². The Bertz CT molecular complexity index is 702. The van der Waals surface area contributed by atoms with Crippen LogP contribution in [0.3, 0.4) is 0 Å². The van der Waals surface area contributed by atoms with Gasteiger partial charge in [0.1, 0.15) is 0 Å². The molecule has 0 bridgehead atoms. The second-order valence-electron chi connectivity index (χ2n) is 5.63. The highest BCUT2D eigenvalue weighted by Crippen LogP contribution is 2.24. The second kappa shape index (κ2) is 7.63. The van der Waals surface area contributed by atoms with Gasteiger partial charge in [-0.2, -0.15) is 4.31 Å². The van der Waals surface area contributed by atoms with Crippen LogP contribution in [0.25, 0.3) is 0 Å². The maximum absolute atomic E-state index is 12.7. The van der Waals surface area contributed by atoms with E-state index < -0.39 is 28.2 Å². The van der Waals surface area contributed by atoms with Crippen LogP contribution in [0.1, 0.15) is 24.8 Å². The predicted octanol–water partition coefficient (Wildman–Crippen LogP) is 0.880. The van der Waals surface area contributed by atoms with E-state index in [1.807, 2.05) is 6.92 Å². The molecule has 0 saturated carbocycles. The van der Waals surface area contributed by atoms with Crippen molar-refractivity contribution in [1.82, 2.24) is 14.9 Å². The van der Waals surface area contributed by atoms with Crippen molar-refractivity contribution in [1.29, 1.82) is 0 Å². The van der Waals surface area contributed by atoms with Gasteiger partial charge in [0, 0.05) is 13.1 Å². The predicted molar refractivity (Wildman–Crippen MR) is 86.9 cm³/mol. The number of amides is 2. The smallest absolute Gasteiger partial charge is 0.316 e. The Morgan fingerprint density at radius 2 is 1.96 bits per heavy atom. The third-order valence-electron chi connectivity index (χ3n) is 3.75. The van der Waals surface area contributed by atoms with Crippen molar-refractivity contribution in [2.75, 3.05) is 13.1 Å². The fourth-order valence-corrected chi connectivity index (χ4v) is 4.12. The molecule has 1 heterocycles. The van der Waals surface area contributed by atoms with E-state index in [1.54, 1.807) is 24.3 Å². The lowest BCUT2D eigenvalue weighted by molar-refractivity contribution is -0.136. The number of carboxylic acid groups (broad SMARTS) is 1. The van der Waals surface area contributed by atoms with Gasteiger partial charge in [-0.15, -0.1) is 0 Å². The zero-order valence-electron chi connectivity index (χ0n) is 13.4. The molecule has 3 N–H and O–H groups in total. The van der Waals surface area contributed by atoms with Gasteiger partial charge in [-0.1, -0.05) is 17.7 Å². The van der Waals surface area contributed by atoms with E-state index in [9.17, 15) is 18.0 Å². The summed E-state index contributed by atoms with van der Waals surface area (Å²) in [5.74, 6) is -1.01. The number of carbonyl (C=O) groups excluding carboxylic acids is 1. The lowest BCUT2D eigenvalue weighted by Crippen LogP contribution is -2.50. The highest BCUT2D eigenvalue weighted by molar-refractivity contribution is 7.89. The average molecular weight is 355 g/mol. The van der Waals surface area contributed by atoms with E-state index in [4.69, 9.17) is 5.11 Å². The van der Waals surface area contributed by atoms with Crippen LogP contribution in [-0.4, -0.2) is 49.1 Å². The first-order valence-electron chi connectivity index (χ1n) is 7.65. The number of aliphatic carboxylic acids is 1. The molecule has 1 aromatic carbocycles. The molecular weight excluding hydrogens is 334 g/mol. The van der Waals surface area contributed by atoms with Gasteiger partial charge >= 0.3 is 12.0 Å². The van der Waals surface area contributed by atoms with Crippen LogP contribution in [0.5, 0.6) is 0 Å². The average Bonchev–Trinajstić information content (AvgIpc) is 2.96. The van der Waals surface area contributed by atoms with Crippen LogP contribution in [-0.2, 0) is 14.8 Å². The molecule has 1 aliphatic rings. The van der Waals surface area contributed by atoms with Gasteiger partial charge in [-0.3, -0.25) is 4.79 Å². The second-order valence-corrected chi connectivity index (χ2v) is 7.52. The van der Waals surface area contributed by atoms with Gasteiger partial charge in [0.15, 0.2) is 0 Å². The molecule has 1 fully saturated rings. The fourth-order valence-electron chi connectivity index (χ4n) is 2.50. The molecule has 0 aromatic heterocycles. The summed E-state index contributed by atoms with van der Waals surface area (Å²) in [6, 6.07) is 5.97. The summed E-state index contributed by atoms with van der Waals surface area (Å²) in [5, 5.41) is 13.5. The van der Waals surface area contributed by atoms with E-state index in [1.165, 1.54) is 4.31 Å². The van der Waals surface area contributed by atoms with Crippen LogP contribution < -0.4 is 10.6 Å². The Morgan fingerprint density at radius 1 is 1.29 bits per heavy atom. The van der Waals surface area contributed by atoms with Gasteiger partial charge < -0.3 is 15.7 Å². The highest BCUT2D eigenvalue weighted by Gasteiger charge is 2.36. The molecule has 0 aliphatic carbocycles. The van der Waals surface area contributed by atoms with E-state index in [0.29, 0.717) is 19.4 Å². The third-order valence-corrected chi connectivity index (χ3v) is 5.68. The number of hydrogen-bond donors (Lipinski definition) is 3. The van der Waals surface area contributed by atoms with Crippen molar-refractivity contribution < 1.29 is 23.1 Å². The number of carboxylic acids is 1. The first kappa shape index (κ1) is 18.2. The summed E-state index contributed by atoms with van der Waals surface area (Å²) in [7, 11) is -3.69. The van der Waals surface area contributed by atoms with Crippen molar-refractivity contribution in [3.05, 3.63) is 29.8 Å².